The highest BCUT2D eigenvalue weighted by Gasteiger charge is 2.27. The van der Waals surface area contributed by atoms with Crippen molar-refractivity contribution in [3.8, 4) is 0 Å². The average molecular weight is 298 g/mol. The molecule has 108 valence electrons. The van der Waals surface area contributed by atoms with Gasteiger partial charge in [-0.1, -0.05) is 24.4 Å². The number of hydrogen-bond acceptors (Lipinski definition) is 4. The highest BCUT2D eigenvalue weighted by atomic mass is 35.5. The van der Waals surface area contributed by atoms with E-state index in [-0.39, 0.29) is 28.4 Å². The van der Waals surface area contributed by atoms with E-state index in [4.69, 9.17) is 17.3 Å². The summed E-state index contributed by atoms with van der Waals surface area (Å²) in [6, 6.07) is 3.77. The zero-order chi connectivity index (χ0) is 14.7. The molecule has 1 saturated carbocycles. The van der Waals surface area contributed by atoms with Crippen LogP contribution in [0.1, 0.15) is 36.0 Å². The lowest BCUT2D eigenvalue weighted by Crippen LogP contribution is -2.49. The van der Waals surface area contributed by atoms with Crippen molar-refractivity contribution in [3.63, 3.8) is 0 Å². The Kier molecular flexibility index (Phi) is 4.57. The second kappa shape index (κ2) is 6.19. The van der Waals surface area contributed by atoms with E-state index < -0.39 is 10.8 Å². The van der Waals surface area contributed by atoms with Crippen LogP contribution in [-0.2, 0) is 0 Å². The number of hydrogen-bond donors (Lipinski definition) is 2. The molecule has 0 bridgehead atoms. The first-order chi connectivity index (χ1) is 9.49. The van der Waals surface area contributed by atoms with Crippen LogP contribution >= 0.6 is 11.6 Å². The van der Waals surface area contributed by atoms with E-state index in [0.717, 1.165) is 25.7 Å². The Labute approximate surface area is 121 Å². The summed E-state index contributed by atoms with van der Waals surface area (Å²) in [5.74, 6) is -0.476. The minimum atomic E-state index is -0.610. The molecule has 6 nitrogen and oxygen atoms in total. The molecule has 0 spiro atoms. The van der Waals surface area contributed by atoms with Crippen molar-refractivity contribution < 1.29 is 9.72 Å². The number of halogens is 1. The van der Waals surface area contributed by atoms with Crippen molar-refractivity contribution in [2.45, 2.75) is 37.8 Å². The Balaban J connectivity index is 2.18. The van der Waals surface area contributed by atoms with E-state index in [9.17, 15) is 14.9 Å². The van der Waals surface area contributed by atoms with Gasteiger partial charge in [-0.2, -0.15) is 0 Å². The summed E-state index contributed by atoms with van der Waals surface area (Å²) in [5, 5.41) is 14.0. The summed E-state index contributed by atoms with van der Waals surface area (Å²) in [4.78, 5) is 22.5. The van der Waals surface area contributed by atoms with Gasteiger partial charge in [0.25, 0.3) is 11.6 Å². The Morgan fingerprint density at radius 3 is 2.75 bits per heavy atom. The van der Waals surface area contributed by atoms with E-state index in [0.29, 0.717) is 0 Å². The lowest BCUT2D eigenvalue weighted by Gasteiger charge is -2.29. The monoisotopic (exact) mass is 297 g/mol. The minimum Gasteiger partial charge on any atom is -0.348 e. The molecule has 7 heteroatoms. The van der Waals surface area contributed by atoms with Gasteiger partial charge in [0.15, 0.2) is 0 Å². The number of nitrogens with two attached hydrogens (primary N) is 1. The van der Waals surface area contributed by atoms with E-state index >= 15 is 0 Å². The summed E-state index contributed by atoms with van der Waals surface area (Å²) in [7, 11) is 0. The topological polar surface area (TPSA) is 98.3 Å². The van der Waals surface area contributed by atoms with Crippen LogP contribution in [0.3, 0.4) is 0 Å². The average Bonchev–Trinajstić information content (AvgIpc) is 2.41. The molecule has 1 aliphatic carbocycles. The van der Waals surface area contributed by atoms with Gasteiger partial charge in [-0.05, 0) is 25.0 Å². The Bertz CT molecular complexity index is 536. The summed E-state index contributed by atoms with van der Waals surface area (Å²) in [6.45, 7) is 0. The second-order valence-corrected chi connectivity index (χ2v) is 5.38. The SMILES string of the molecule is N[C@@H]1CCCC[C@H]1NC(=O)c1ccc(Cl)cc1[N+](=O)[O-]. The smallest absolute Gasteiger partial charge is 0.283 e. The fourth-order valence-corrected chi connectivity index (χ4v) is 2.60. The molecule has 20 heavy (non-hydrogen) atoms. The van der Waals surface area contributed by atoms with Gasteiger partial charge in [0.05, 0.1) is 4.92 Å². The molecule has 1 aliphatic rings. The van der Waals surface area contributed by atoms with Crippen LogP contribution in [0.2, 0.25) is 5.02 Å². The van der Waals surface area contributed by atoms with Crippen LogP contribution < -0.4 is 11.1 Å². The number of rotatable bonds is 3. The fraction of sp³-hybridized carbons (Fsp3) is 0.462. The molecule has 0 saturated heterocycles. The number of benzene rings is 1. The molecule has 2 rings (SSSR count). The molecule has 0 heterocycles. The van der Waals surface area contributed by atoms with Crippen LogP contribution in [0.5, 0.6) is 0 Å². The molecule has 1 amide bonds. The van der Waals surface area contributed by atoms with E-state index in [1.165, 1.54) is 18.2 Å². The number of nitrogens with zero attached hydrogens (tertiary/aromatic N) is 1. The summed E-state index contributed by atoms with van der Waals surface area (Å²) >= 11 is 5.72. The van der Waals surface area contributed by atoms with Gasteiger partial charge in [-0.15, -0.1) is 0 Å². The molecule has 0 unspecified atom stereocenters. The predicted octanol–water partition coefficient (Wildman–Crippen LogP) is 2.25. The Morgan fingerprint density at radius 1 is 1.40 bits per heavy atom. The van der Waals surface area contributed by atoms with Crippen molar-refractivity contribution in [1.82, 2.24) is 5.32 Å². The molecule has 1 aromatic rings. The van der Waals surface area contributed by atoms with Crippen LogP contribution in [0.4, 0.5) is 5.69 Å². The number of nitro groups is 1. The van der Waals surface area contributed by atoms with Crippen molar-refractivity contribution in [1.29, 1.82) is 0 Å². The maximum absolute atomic E-state index is 12.2. The first-order valence-corrected chi connectivity index (χ1v) is 6.87. The van der Waals surface area contributed by atoms with Gasteiger partial charge >= 0.3 is 0 Å². The quantitative estimate of drug-likeness (QED) is 0.660. The number of carbonyl (C=O) groups excluding carboxylic acids is 1. The molecule has 2 atom stereocenters. The predicted molar refractivity (Wildman–Crippen MR) is 75.8 cm³/mol. The van der Waals surface area contributed by atoms with Gasteiger partial charge in [0, 0.05) is 23.2 Å². The normalized spacial score (nSPS) is 22.3. The fourth-order valence-electron chi connectivity index (χ4n) is 2.43. The molecule has 0 aromatic heterocycles. The molecular formula is C13H16ClN3O3. The third-order valence-electron chi connectivity index (χ3n) is 3.54. The highest BCUT2D eigenvalue weighted by Crippen LogP contribution is 2.24. The van der Waals surface area contributed by atoms with Gasteiger partial charge < -0.3 is 11.1 Å². The Morgan fingerprint density at radius 2 is 2.10 bits per heavy atom. The van der Waals surface area contributed by atoms with Gasteiger partial charge in [-0.3, -0.25) is 14.9 Å². The minimum absolute atomic E-state index is 0.0113. The maximum atomic E-state index is 12.2. The Hall–Kier alpha value is -1.66. The first-order valence-electron chi connectivity index (χ1n) is 6.49. The molecule has 3 N–H and O–H groups in total. The zero-order valence-corrected chi connectivity index (χ0v) is 11.6. The zero-order valence-electron chi connectivity index (χ0n) is 10.8. The summed E-state index contributed by atoms with van der Waals surface area (Å²) in [6.07, 6.45) is 3.71. The van der Waals surface area contributed by atoms with E-state index in [1.54, 1.807) is 0 Å². The summed E-state index contributed by atoms with van der Waals surface area (Å²) < 4.78 is 0. The molecule has 0 radical (unpaired) electrons. The number of carbonyl (C=O) groups is 1. The second-order valence-electron chi connectivity index (χ2n) is 4.95. The van der Waals surface area contributed by atoms with Crippen molar-refractivity contribution in [3.05, 3.63) is 38.9 Å². The van der Waals surface area contributed by atoms with Crippen molar-refractivity contribution in [2.24, 2.45) is 5.73 Å². The van der Waals surface area contributed by atoms with Gasteiger partial charge in [0.2, 0.25) is 0 Å². The lowest BCUT2D eigenvalue weighted by atomic mass is 9.91. The van der Waals surface area contributed by atoms with Crippen molar-refractivity contribution in [2.75, 3.05) is 0 Å². The van der Waals surface area contributed by atoms with Crippen LogP contribution in [0, 0.1) is 10.1 Å². The maximum Gasteiger partial charge on any atom is 0.283 e. The van der Waals surface area contributed by atoms with E-state index in [2.05, 4.69) is 5.32 Å². The third-order valence-corrected chi connectivity index (χ3v) is 3.77. The van der Waals surface area contributed by atoms with E-state index in [1.807, 2.05) is 0 Å². The molecular weight excluding hydrogens is 282 g/mol. The lowest BCUT2D eigenvalue weighted by molar-refractivity contribution is -0.385. The first kappa shape index (κ1) is 14.7. The van der Waals surface area contributed by atoms with Crippen LogP contribution in [0.25, 0.3) is 0 Å². The number of nitro benzene ring substituents is 1. The number of nitrogens with one attached hydrogen (secondary N) is 1. The third kappa shape index (κ3) is 3.26. The van der Waals surface area contributed by atoms with Crippen LogP contribution in [0.15, 0.2) is 18.2 Å². The van der Waals surface area contributed by atoms with Gasteiger partial charge in [-0.25, -0.2) is 0 Å². The van der Waals surface area contributed by atoms with Crippen LogP contribution in [-0.4, -0.2) is 22.9 Å². The molecule has 1 aromatic carbocycles. The van der Waals surface area contributed by atoms with Crippen molar-refractivity contribution >= 4 is 23.2 Å². The summed E-state index contributed by atoms with van der Waals surface area (Å²) in [5.41, 5.74) is 5.68. The standard InChI is InChI=1S/C13H16ClN3O3/c14-8-5-6-9(12(7-8)17(19)20)13(18)16-11-4-2-1-3-10(11)15/h5-7,10-11H,1-4,15H2,(H,16,18)/t10-,11-/m1/s1. The molecule has 0 aliphatic heterocycles. The number of amides is 1. The largest absolute Gasteiger partial charge is 0.348 e. The molecule has 1 fully saturated rings. The highest BCUT2D eigenvalue weighted by molar-refractivity contribution is 6.31. The van der Waals surface area contributed by atoms with Gasteiger partial charge in [0.1, 0.15) is 5.56 Å².